The number of rotatable bonds is 1. The predicted molar refractivity (Wildman–Crippen MR) is 114 cm³/mol. The zero-order valence-electron chi connectivity index (χ0n) is 16.8. The third-order valence-corrected chi connectivity index (χ3v) is 8.52. The second kappa shape index (κ2) is 7.44. The highest BCUT2D eigenvalue weighted by molar-refractivity contribution is 7.90. The smallest absolute Gasteiger partial charge is 0.229 e. The number of amides is 1. The second-order valence-electron chi connectivity index (χ2n) is 8.85. The van der Waals surface area contributed by atoms with Gasteiger partial charge in [0.25, 0.3) is 0 Å². The molecule has 1 aromatic heterocycles. The van der Waals surface area contributed by atoms with Crippen molar-refractivity contribution in [3.63, 3.8) is 0 Å². The van der Waals surface area contributed by atoms with E-state index in [0.29, 0.717) is 17.7 Å². The quantitative estimate of drug-likeness (QED) is 0.614. The number of nitrogens with one attached hydrogen (secondary N) is 2. The molecule has 1 amide bonds. The molecule has 8 nitrogen and oxygen atoms in total. The van der Waals surface area contributed by atoms with Gasteiger partial charge >= 0.3 is 0 Å². The summed E-state index contributed by atoms with van der Waals surface area (Å²) in [5, 5.41) is 6.13. The van der Waals surface area contributed by atoms with Crippen LogP contribution in [0, 0.1) is 29.5 Å². The Labute approximate surface area is 179 Å². The molecule has 4 N–H and O–H groups in total. The maximum absolute atomic E-state index is 14.5. The van der Waals surface area contributed by atoms with Crippen molar-refractivity contribution < 1.29 is 17.6 Å². The van der Waals surface area contributed by atoms with Crippen LogP contribution in [0.15, 0.2) is 30.5 Å². The van der Waals surface area contributed by atoms with Crippen LogP contribution in [0.2, 0.25) is 0 Å². The molecule has 3 aliphatic rings. The lowest BCUT2D eigenvalue weighted by Crippen LogP contribution is -2.45. The fourth-order valence-corrected chi connectivity index (χ4v) is 7.14. The van der Waals surface area contributed by atoms with Gasteiger partial charge in [-0.1, -0.05) is 12.1 Å². The van der Waals surface area contributed by atoms with Gasteiger partial charge in [0.05, 0.1) is 23.6 Å². The zero-order valence-corrected chi connectivity index (χ0v) is 17.6. The number of sulfone groups is 1. The van der Waals surface area contributed by atoms with Gasteiger partial charge in [-0.05, 0) is 54.7 Å². The minimum absolute atomic E-state index is 0.0127. The lowest BCUT2D eigenvalue weighted by atomic mass is 9.77. The molecule has 2 aromatic rings. The Morgan fingerprint density at radius 2 is 2.06 bits per heavy atom. The van der Waals surface area contributed by atoms with Crippen molar-refractivity contribution in [2.24, 2.45) is 29.4 Å². The van der Waals surface area contributed by atoms with E-state index >= 15 is 0 Å². The van der Waals surface area contributed by atoms with Crippen LogP contribution in [0.1, 0.15) is 24.8 Å². The maximum Gasteiger partial charge on any atom is 0.229 e. The Balaban J connectivity index is 1.56. The summed E-state index contributed by atoms with van der Waals surface area (Å²) < 4.78 is 40.1. The monoisotopic (exact) mass is 445 g/mol. The van der Waals surface area contributed by atoms with Gasteiger partial charge in [0.15, 0.2) is 21.5 Å². The molecule has 2 fully saturated rings. The number of nitrogens with two attached hydrogens (primary N) is 1. The van der Waals surface area contributed by atoms with Crippen molar-refractivity contribution in [3.8, 4) is 0 Å². The van der Waals surface area contributed by atoms with Gasteiger partial charge < -0.3 is 16.4 Å². The van der Waals surface area contributed by atoms with Crippen LogP contribution in [0.4, 0.5) is 21.8 Å². The van der Waals surface area contributed by atoms with Crippen molar-refractivity contribution in [2.75, 3.05) is 16.4 Å². The first kappa shape index (κ1) is 20.2. The van der Waals surface area contributed by atoms with Crippen molar-refractivity contribution in [1.29, 1.82) is 0 Å². The number of carbonyl (C=O) groups excluding carboxylic acids is 1. The summed E-state index contributed by atoms with van der Waals surface area (Å²) in [6.07, 6.45) is 3.13. The molecular formula is C21H24FN5O3S. The molecule has 0 spiro atoms. The normalized spacial score (nSPS) is 31.1. The van der Waals surface area contributed by atoms with Crippen LogP contribution in [0.3, 0.4) is 0 Å². The summed E-state index contributed by atoms with van der Waals surface area (Å²) in [5.41, 5.74) is 6.96. The van der Waals surface area contributed by atoms with Gasteiger partial charge in [-0.25, -0.2) is 17.8 Å². The van der Waals surface area contributed by atoms with E-state index in [-0.39, 0.29) is 47.1 Å². The summed E-state index contributed by atoms with van der Waals surface area (Å²) in [4.78, 5) is 20.5. The minimum Gasteiger partial charge on any atom is -0.369 e. The highest BCUT2D eigenvalue weighted by Gasteiger charge is 2.54. The number of aromatic nitrogens is 2. The number of nitrogens with zero attached hydrogens (tertiary/aromatic N) is 2. The SMILES string of the molecule is NC(=O)[C@H]1[C@H]2C[C@H]3CCS(=O)(=O)Cc4cccc(c4)Nc4ncc(F)c(n4)N[C@@H]1[C@@H]3C2. The molecule has 10 heteroatoms. The second-order valence-corrected chi connectivity index (χ2v) is 11.0. The molecule has 0 saturated heterocycles. The summed E-state index contributed by atoms with van der Waals surface area (Å²) in [5.74, 6) is -1.02. The number of benzene rings is 1. The third kappa shape index (κ3) is 3.84. The molecule has 2 heterocycles. The van der Waals surface area contributed by atoms with E-state index in [9.17, 15) is 17.6 Å². The number of hydrogen-bond acceptors (Lipinski definition) is 7. The van der Waals surface area contributed by atoms with Gasteiger partial charge in [-0.3, -0.25) is 4.79 Å². The third-order valence-electron chi connectivity index (χ3n) is 6.89. The van der Waals surface area contributed by atoms with Crippen molar-refractivity contribution in [2.45, 2.75) is 31.1 Å². The topological polar surface area (TPSA) is 127 Å². The summed E-state index contributed by atoms with van der Waals surface area (Å²) in [7, 11) is -3.30. The molecule has 1 aliphatic heterocycles. The number of hydrogen-bond donors (Lipinski definition) is 3. The Morgan fingerprint density at radius 1 is 1.23 bits per heavy atom. The van der Waals surface area contributed by atoms with E-state index < -0.39 is 27.5 Å². The van der Waals surface area contributed by atoms with Crippen LogP contribution < -0.4 is 16.4 Å². The average molecular weight is 446 g/mol. The Kier molecular flexibility index (Phi) is 4.84. The fraction of sp³-hybridized carbons (Fsp3) is 0.476. The molecular weight excluding hydrogens is 421 g/mol. The van der Waals surface area contributed by atoms with Crippen LogP contribution in [0.25, 0.3) is 0 Å². The molecule has 2 aliphatic carbocycles. The fourth-order valence-electron chi connectivity index (χ4n) is 5.64. The summed E-state index contributed by atoms with van der Waals surface area (Å²) in [6, 6.07) is 6.64. The Hall–Kier alpha value is -2.75. The average Bonchev–Trinajstić information content (AvgIpc) is 3.26. The molecule has 0 radical (unpaired) electrons. The number of primary amides is 1. The molecule has 0 unspecified atom stereocenters. The molecule has 5 atom stereocenters. The first-order valence-corrected chi connectivity index (χ1v) is 12.3. The Bertz CT molecular complexity index is 1140. The Morgan fingerprint density at radius 3 is 2.87 bits per heavy atom. The van der Waals surface area contributed by atoms with Crippen LogP contribution in [-0.2, 0) is 20.4 Å². The molecule has 5 rings (SSSR count). The van der Waals surface area contributed by atoms with Crippen LogP contribution in [-0.4, -0.2) is 36.1 Å². The molecule has 1 aromatic carbocycles. The number of anilines is 3. The van der Waals surface area contributed by atoms with Crippen molar-refractivity contribution in [3.05, 3.63) is 41.8 Å². The number of halogens is 1. The predicted octanol–water partition coefficient (Wildman–Crippen LogP) is 2.22. The summed E-state index contributed by atoms with van der Waals surface area (Å²) in [6.45, 7) is 0. The van der Waals surface area contributed by atoms with Gasteiger partial charge in [0.1, 0.15) is 0 Å². The van der Waals surface area contributed by atoms with E-state index in [2.05, 4.69) is 20.6 Å². The van der Waals surface area contributed by atoms with E-state index in [0.717, 1.165) is 19.0 Å². The standard InChI is InChI=1S/C21H24FN5O3S/c22-16-9-24-21-25-14-3-1-2-11(6-14)10-31(29,30)5-4-12-7-13-8-15(12)18(17(13)19(23)28)26-20(16)27-21/h1-3,6,9,12-13,15,17-18H,4-5,7-8,10H2,(H2,23,28)(H2,24,25,26,27)/t12-,13+,15-,17+,18-/m1/s1. The van der Waals surface area contributed by atoms with Crippen LogP contribution in [0.5, 0.6) is 0 Å². The van der Waals surface area contributed by atoms with E-state index in [4.69, 9.17) is 5.73 Å². The number of carbonyl (C=O) groups is 1. The van der Waals surface area contributed by atoms with E-state index in [1.807, 2.05) is 0 Å². The number of fused-ring (bicyclic) bond motifs is 5. The largest absolute Gasteiger partial charge is 0.369 e. The molecule has 31 heavy (non-hydrogen) atoms. The van der Waals surface area contributed by atoms with Crippen molar-refractivity contribution in [1.82, 2.24) is 9.97 Å². The van der Waals surface area contributed by atoms with E-state index in [1.54, 1.807) is 24.3 Å². The minimum atomic E-state index is -3.30. The van der Waals surface area contributed by atoms with Gasteiger partial charge in [0, 0.05) is 11.7 Å². The first-order valence-electron chi connectivity index (χ1n) is 10.4. The molecule has 6 bridgehead atoms. The summed E-state index contributed by atoms with van der Waals surface area (Å²) >= 11 is 0. The molecule has 2 saturated carbocycles. The highest BCUT2D eigenvalue weighted by atomic mass is 32.2. The lowest BCUT2D eigenvalue weighted by molar-refractivity contribution is -0.123. The highest BCUT2D eigenvalue weighted by Crippen LogP contribution is 2.53. The molecule has 164 valence electrons. The first-order chi connectivity index (χ1) is 14.8. The van der Waals surface area contributed by atoms with Crippen LogP contribution >= 0.6 is 0 Å². The maximum atomic E-state index is 14.5. The van der Waals surface area contributed by atoms with Gasteiger partial charge in [-0.15, -0.1) is 0 Å². The van der Waals surface area contributed by atoms with Crippen molar-refractivity contribution >= 4 is 33.2 Å². The van der Waals surface area contributed by atoms with Gasteiger partial charge in [-0.2, -0.15) is 4.98 Å². The lowest BCUT2D eigenvalue weighted by Gasteiger charge is -2.35. The van der Waals surface area contributed by atoms with Gasteiger partial charge in [0.2, 0.25) is 11.9 Å². The zero-order chi connectivity index (χ0) is 21.8. The van der Waals surface area contributed by atoms with E-state index in [1.165, 1.54) is 0 Å².